The number of carbonyl (C=O) groups excluding carboxylic acids is 3. The number of imide groups is 2. The predicted octanol–water partition coefficient (Wildman–Crippen LogP) is 5.16. The van der Waals surface area contributed by atoms with Gasteiger partial charge in [-0.15, -0.1) is 0 Å². The lowest BCUT2D eigenvalue weighted by Gasteiger charge is -2.26. The van der Waals surface area contributed by atoms with Crippen molar-refractivity contribution in [2.75, 3.05) is 4.90 Å². The zero-order valence-electron chi connectivity index (χ0n) is 16.9. The number of phenols is 1. The quantitative estimate of drug-likeness (QED) is 0.326. The van der Waals surface area contributed by atoms with Crippen LogP contribution >= 0.6 is 31.9 Å². The van der Waals surface area contributed by atoms with E-state index in [1.54, 1.807) is 36.4 Å². The molecule has 0 saturated carbocycles. The average Bonchev–Trinajstić information content (AvgIpc) is 2.79. The lowest BCUT2D eigenvalue weighted by Crippen LogP contribution is -2.54. The summed E-state index contributed by atoms with van der Waals surface area (Å²) in [6.07, 6.45) is 1.24. The van der Waals surface area contributed by atoms with E-state index in [2.05, 4.69) is 37.2 Å². The van der Waals surface area contributed by atoms with Gasteiger partial charge in [-0.2, -0.15) is 0 Å². The van der Waals surface area contributed by atoms with Crippen molar-refractivity contribution in [3.8, 4) is 11.5 Å². The number of carbonyl (C=O) groups is 3. The molecule has 0 bridgehead atoms. The summed E-state index contributed by atoms with van der Waals surface area (Å²) in [4.78, 5) is 38.7. The third kappa shape index (κ3) is 4.99. The summed E-state index contributed by atoms with van der Waals surface area (Å²) in [5, 5.41) is 12.4. The molecular weight excluding hydrogens is 556 g/mol. The molecule has 0 atom stereocenters. The molecule has 0 aliphatic carbocycles. The summed E-state index contributed by atoms with van der Waals surface area (Å²) in [5.74, 6) is -1.24. The lowest BCUT2D eigenvalue weighted by molar-refractivity contribution is -0.122. The SMILES string of the molecule is O=C1NC(=O)N(c2ccc(OCc3ccccc3)cc2)C(=O)/C1=C/c1cc(Br)cc(Br)c1O. The number of nitrogens with zero attached hydrogens (tertiary/aromatic N) is 1. The molecule has 4 amide bonds. The van der Waals surface area contributed by atoms with Crippen molar-refractivity contribution < 1.29 is 24.2 Å². The Morgan fingerprint density at radius 1 is 0.970 bits per heavy atom. The van der Waals surface area contributed by atoms with E-state index in [1.807, 2.05) is 30.3 Å². The summed E-state index contributed by atoms with van der Waals surface area (Å²) >= 11 is 6.52. The maximum Gasteiger partial charge on any atom is 0.335 e. The number of urea groups is 1. The van der Waals surface area contributed by atoms with E-state index in [-0.39, 0.29) is 22.6 Å². The molecule has 33 heavy (non-hydrogen) atoms. The highest BCUT2D eigenvalue weighted by Crippen LogP contribution is 2.34. The Morgan fingerprint density at radius 2 is 1.67 bits per heavy atom. The van der Waals surface area contributed by atoms with Gasteiger partial charge in [0.1, 0.15) is 23.7 Å². The second-order valence-electron chi connectivity index (χ2n) is 7.05. The number of halogens is 2. The number of anilines is 1. The van der Waals surface area contributed by atoms with Crippen molar-refractivity contribution in [3.05, 3.63) is 92.4 Å². The first-order chi connectivity index (χ1) is 15.8. The van der Waals surface area contributed by atoms with Crippen LogP contribution in [0.1, 0.15) is 11.1 Å². The van der Waals surface area contributed by atoms with Crippen LogP contribution in [-0.2, 0) is 16.2 Å². The summed E-state index contributed by atoms with van der Waals surface area (Å²) < 4.78 is 6.74. The van der Waals surface area contributed by atoms with Crippen LogP contribution in [0, 0.1) is 0 Å². The molecule has 1 heterocycles. The smallest absolute Gasteiger partial charge is 0.335 e. The monoisotopic (exact) mass is 570 g/mol. The normalized spacial score (nSPS) is 15.0. The van der Waals surface area contributed by atoms with Crippen LogP contribution in [0.15, 0.2) is 81.2 Å². The molecule has 3 aromatic carbocycles. The third-order valence-electron chi connectivity index (χ3n) is 4.80. The van der Waals surface area contributed by atoms with E-state index in [9.17, 15) is 19.5 Å². The fraction of sp³-hybridized carbons (Fsp3) is 0.0417. The lowest BCUT2D eigenvalue weighted by atomic mass is 10.1. The first kappa shape index (κ1) is 22.8. The third-order valence-corrected chi connectivity index (χ3v) is 5.86. The maximum absolute atomic E-state index is 13.1. The summed E-state index contributed by atoms with van der Waals surface area (Å²) in [6.45, 7) is 0.371. The van der Waals surface area contributed by atoms with Crippen LogP contribution in [0.25, 0.3) is 6.08 Å². The van der Waals surface area contributed by atoms with Gasteiger partial charge in [-0.25, -0.2) is 9.69 Å². The van der Waals surface area contributed by atoms with Gasteiger partial charge >= 0.3 is 6.03 Å². The number of aromatic hydroxyl groups is 1. The summed E-state index contributed by atoms with van der Waals surface area (Å²) in [5.41, 5.74) is 1.21. The second kappa shape index (κ2) is 9.60. The molecule has 3 aromatic rings. The predicted molar refractivity (Wildman–Crippen MR) is 130 cm³/mol. The van der Waals surface area contributed by atoms with Gasteiger partial charge in [0.15, 0.2) is 0 Å². The molecule has 1 aliphatic heterocycles. The fourth-order valence-electron chi connectivity index (χ4n) is 3.18. The van der Waals surface area contributed by atoms with Crippen molar-refractivity contribution >= 4 is 61.5 Å². The number of amides is 4. The number of benzene rings is 3. The van der Waals surface area contributed by atoms with Crippen molar-refractivity contribution in [1.82, 2.24) is 5.32 Å². The van der Waals surface area contributed by atoms with Gasteiger partial charge in [-0.3, -0.25) is 14.9 Å². The molecule has 0 spiro atoms. The zero-order valence-corrected chi connectivity index (χ0v) is 20.1. The van der Waals surface area contributed by atoms with E-state index in [1.165, 1.54) is 6.08 Å². The zero-order chi connectivity index (χ0) is 23.5. The summed E-state index contributed by atoms with van der Waals surface area (Å²) in [6, 6.07) is 18.3. The van der Waals surface area contributed by atoms with Crippen molar-refractivity contribution in [3.63, 3.8) is 0 Å². The molecule has 0 unspecified atom stereocenters. The number of ether oxygens (including phenoxy) is 1. The van der Waals surface area contributed by atoms with E-state index >= 15 is 0 Å². The molecule has 1 aliphatic rings. The molecule has 166 valence electrons. The van der Waals surface area contributed by atoms with Gasteiger partial charge in [-0.1, -0.05) is 46.3 Å². The van der Waals surface area contributed by atoms with E-state index in [4.69, 9.17) is 4.74 Å². The van der Waals surface area contributed by atoms with Crippen LogP contribution in [0.2, 0.25) is 0 Å². The van der Waals surface area contributed by atoms with Crippen LogP contribution in [0.4, 0.5) is 10.5 Å². The highest BCUT2D eigenvalue weighted by Gasteiger charge is 2.37. The first-order valence-electron chi connectivity index (χ1n) is 9.70. The van der Waals surface area contributed by atoms with Crippen molar-refractivity contribution in [2.24, 2.45) is 0 Å². The molecule has 7 nitrogen and oxygen atoms in total. The molecule has 4 rings (SSSR count). The number of hydrogen-bond donors (Lipinski definition) is 2. The minimum absolute atomic E-state index is 0.144. The Bertz CT molecular complexity index is 1270. The Morgan fingerprint density at radius 3 is 2.36 bits per heavy atom. The van der Waals surface area contributed by atoms with Gasteiger partial charge in [0.25, 0.3) is 11.8 Å². The Balaban J connectivity index is 1.58. The fourth-order valence-corrected chi connectivity index (χ4v) is 4.43. The highest BCUT2D eigenvalue weighted by atomic mass is 79.9. The molecule has 1 saturated heterocycles. The number of phenolic OH excluding ortho intramolecular Hbond substituents is 1. The highest BCUT2D eigenvalue weighted by molar-refractivity contribution is 9.11. The topological polar surface area (TPSA) is 95.9 Å². The van der Waals surface area contributed by atoms with Gasteiger partial charge in [-0.05, 0) is 64.0 Å². The Labute approximate surface area is 205 Å². The summed E-state index contributed by atoms with van der Waals surface area (Å²) in [7, 11) is 0. The minimum Gasteiger partial charge on any atom is -0.506 e. The van der Waals surface area contributed by atoms with Gasteiger partial charge in [0.05, 0.1) is 10.2 Å². The van der Waals surface area contributed by atoms with Gasteiger partial charge in [0, 0.05) is 10.0 Å². The standard InChI is InChI=1S/C24H16Br2N2O5/c25-16-10-15(21(29)20(26)12-16)11-19-22(30)27-24(32)28(23(19)31)17-6-8-18(9-7-17)33-13-14-4-2-1-3-5-14/h1-12,29H,13H2,(H,27,30,32)/b19-11+. The van der Waals surface area contributed by atoms with Crippen molar-refractivity contribution in [2.45, 2.75) is 6.61 Å². The molecule has 2 N–H and O–H groups in total. The van der Waals surface area contributed by atoms with Crippen LogP contribution in [0.5, 0.6) is 11.5 Å². The number of nitrogens with one attached hydrogen (secondary N) is 1. The van der Waals surface area contributed by atoms with E-state index < -0.39 is 17.8 Å². The number of rotatable bonds is 5. The van der Waals surface area contributed by atoms with Crippen LogP contribution in [0.3, 0.4) is 0 Å². The van der Waals surface area contributed by atoms with Crippen LogP contribution < -0.4 is 15.0 Å². The van der Waals surface area contributed by atoms with E-state index in [0.29, 0.717) is 21.3 Å². The molecule has 0 radical (unpaired) electrons. The van der Waals surface area contributed by atoms with Gasteiger partial charge < -0.3 is 9.84 Å². The molecule has 9 heteroatoms. The molecule has 1 fully saturated rings. The molecule has 0 aromatic heterocycles. The largest absolute Gasteiger partial charge is 0.506 e. The Kier molecular flexibility index (Phi) is 6.62. The van der Waals surface area contributed by atoms with Gasteiger partial charge in [0.2, 0.25) is 0 Å². The number of hydrogen-bond acceptors (Lipinski definition) is 5. The van der Waals surface area contributed by atoms with Crippen LogP contribution in [-0.4, -0.2) is 23.0 Å². The average molecular weight is 572 g/mol. The minimum atomic E-state index is -0.861. The van der Waals surface area contributed by atoms with Crippen molar-refractivity contribution in [1.29, 1.82) is 0 Å². The Hall–Kier alpha value is -3.43. The maximum atomic E-state index is 13.1. The second-order valence-corrected chi connectivity index (χ2v) is 8.82. The van der Waals surface area contributed by atoms with E-state index in [0.717, 1.165) is 10.5 Å². The number of barbiturate groups is 1. The molecular formula is C24H16Br2N2O5. The first-order valence-corrected chi connectivity index (χ1v) is 11.3.